The highest BCUT2D eigenvalue weighted by Gasteiger charge is 2.19. The maximum atomic E-state index is 13.9. The molecule has 0 spiro atoms. The number of pyridine rings is 1. The van der Waals surface area contributed by atoms with Gasteiger partial charge in [-0.25, -0.2) is 13.6 Å². The van der Waals surface area contributed by atoms with Crippen LogP contribution in [0.25, 0.3) is 0 Å². The zero-order valence-electron chi connectivity index (χ0n) is 10.9. The topological polar surface area (TPSA) is 59.3 Å². The molecule has 1 aromatic carbocycles. The van der Waals surface area contributed by atoms with Gasteiger partial charge < -0.3 is 9.67 Å². The van der Waals surface area contributed by atoms with Crippen LogP contribution in [-0.4, -0.2) is 15.6 Å². The Morgan fingerprint density at radius 1 is 1.29 bits per heavy atom. The summed E-state index contributed by atoms with van der Waals surface area (Å²) in [6.07, 6.45) is -0.115. The Hall–Kier alpha value is -1.77. The summed E-state index contributed by atoms with van der Waals surface area (Å²) >= 11 is 1.95. The average Bonchev–Trinajstić information content (AvgIpc) is 2.41. The first-order chi connectivity index (χ1) is 9.81. The molecule has 0 saturated carbocycles. The Bertz CT molecular complexity index is 787. The fourth-order valence-corrected chi connectivity index (χ4v) is 2.43. The summed E-state index contributed by atoms with van der Waals surface area (Å²) in [7, 11) is 1.26. The summed E-state index contributed by atoms with van der Waals surface area (Å²) in [5.74, 6) is -3.03. The molecule has 0 fully saturated rings. The number of carbonyl (C=O) groups is 1. The summed E-state index contributed by atoms with van der Waals surface area (Å²) in [6, 6.07) is 5.15. The van der Waals surface area contributed by atoms with Crippen molar-refractivity contribution in [3.8, 4) is 0 Å². The van der Waals surface area contributed by atoms with Gasteiger partial charge in [0.2, 0.25) is 0 Å². The Kier molecular flexibility index (Phi) is 4.40. The largest absolute Gasteiger partial charge is 0.478 e. The van der Waals surface area contributed by atoms with Crippen molar-refractivity contribution in [3.05, 3.63) is 66.6 Å². The first kappa shape index (κ1) is 15.6. The molecule has 1 N–H and O–H groups in total. The summed E-state index contributed by atoms with van der Waals surface area (Å²) in [6.45, 7) is 0. The molecule has 0 unspecified atom stereocenters. The average molecular weight is 405 g/mol. The number of hydrogen-bond donors (Lipinski definition) is 1. The van der Waals surface area contributed by atoms with E-state index < -0.39 is 23.2 Å². The molecule has 0 aliphatic carbocycles. The SMILES string of the molecule is Cn1c(Cc2ccc(I)cc2F)c(C(=O)O)cc(F)c1=O. The minimum absolute atomic E-state index is 0.0500. The van der Waals surface area contributed by atoms with Gasteiger partial charge in [-0.15, -0.1) is 0 Å². The molecule has 0 amide bonds. The fourth-order valence-electron chi connectivity index (χ4n) is 1.98. The second-order valence-corrected chi connectivity index (χ2v) is 5.68. The van der Waals surface area contributed by atoms with E-state index in [4.69, 9.17) is 5.11 Å². The standard InChI is InChI=1S/C14H10F2INO3/c1-18-12(4-7-2-3-8(17)5-10(7)15)9(14(20)21)6-11(16)13(18)19/h2-3,5-6H,4H2,1H3,(H,20,21). The van der Waals surface area contributed by atoms with Crippen molar-refractivity contribution in [2.24, 2.45) is 7.05 Å². The minimum Gasteiger partial charge on any atom is -0.478 e. The van der Waals surface area contributed by atoms with E-state index in [9.17, 15) is 18.4 Å². The van der Waals surface area contributed by atoms with Crippen molar-refractivity contribution < 1.29 is 18.7 Å². The fraction of sp³-hybridized carbons (Fsp3) is 0.143. The second-order valence-electron chi connectivity index (χ2n) is 4.43. The third kappa shape index (κ3) is 3.12. The lowest BCUT2D eigenvalue weighted by molar-refractivity contribution is 0.0694. The van der Waals surface area contributed by atoms with Crippen molar-refractivity contribution in [1.29, 1.82) is 0 Å². The highest BCUT2D eigenvalue weighted by atomic mass is 127. The Morgan fingerprint density at radius 3 is 2.52 bits per heavy atom. The molecule has 0 bridgehead atoms. The molecule has 0 saturated heterocycles. The van der Waals surface area contributed by atoms with Gasteiger partial charge in [-0.2, -0.15) is 0 Å². The molecule has 0 aliphatic rings. The van der Waals surface area contributed by atoms with Crippen LogP contribution in [0, 0.1) is 15.2 Å². The van der Waals surface area contributed by atoms with E-state index in [2.05, 4.69) is 0 Å². The van der Waals surface area contributed by atoms with Crippen molar-refractivity contribution in [3.63, 3.8) is 0 Å². The molecule has 7 heteroatoms. The monoisotopic (exact) mass is 405 g/mol. The van der Waals surface area contributed by atoms with Crippen molar-refractivity contribution in [1.82, 2.24) is 4.57 Å². The maximum Gasteiger partial charge on any atom is 0.337 e. The number of aromatic nitrogens is 1. The number of hydrogen-bond acceptors (Lipinski definition) is 2. The molecule has 4 nitrogen and oxygen atoms in total. The van der Waals surface area contributed by atoms with E-state index in [1.807, 2.05) is 22.6 Å². The van der Waals surface area contributed by atoms with Gasteiger partial charge in [0.1, 0.15) is 5.82 Å². The smallest absolute Gasteiger partial charge is 0.337 e. The van der Waals surface area contributed by atoms with Crippen LogP contribution < -0.4 is 5.56 Å². The quantitative estimate of drug-likeness (QED) is 0.799. The lowest BCUT2D eigenvalue weighted by atomic mass is 10.0. The maximum absolute atomic E-state index is 13.9. The lowest BCUT2D eigenvalue weighted by Gasteiger charge is -2.12. The number of rotatable bonds is 3. The zero-order chi connectivity index (χ0) is 15.7. The molecule has 0 aliphatic heterocycles. The molecule has 2 rings (SSSR count). The van der Waals surface area contributed by atoms with Crippen LogP contribution >= 0.6 is 22.6 Å². The van der Waals surface area contributed by atoms with Gasteiger partial charge in [0, 0.05) is 22.7 Å². The van der Waals surface area contributed by atoms with Gasteiger partial charge in [-0.1, -0.05) is 6.07 Å². The zero-order valence-corrected chi connectivity index (χ0v) is 13.0. The second kappa shape index (κ2) is 5.92. The van der Waals surface area contributed by atoms with Gasteiger partial charge in [0.05, 0.1) is 5.56 Å². The van der Waals surface area contributed by atoms with Gasteiger partial charge in [-0.05, 0) is 46.4 Å². The third-order valence-electron chi connectivity index (χ3n) is 3.10. The van der Waals surface area contributed by atoms with Crippen molar-refractivity contribution in [2.75, 3.05) is 0 Å². The van der Waals surface area contributed by atoms with E-state index in [-0.39, 0.29) is 23.2 Å². The Labute approximate surface area is 132 Å². The Balaban J connectivity index is 2.60. The van der Waals surface area contributed by atoms with Gasteiger partial charge in [0.25, 0.3) is 5.56 Å². The number of carboxylic acids is 1. The van der Waals surface area contributed by atoms with Crippen molar-refractivity contribution in [2.45, 2.75) is 6.42 Å². The Morgan fingerprint density at radius 2 is 1.95 bits per heavy atom. The molecule has 0 radical (unpaired) electrons. The molecular formula is C14H10F2INO3. The number of halogens is 3. The van der Waals surface area contributed by atoms with Crippen LogP contribution in [0.2, 0.25) is 0 Å². The number of carboxylic acid groups (broad SMARTS) is 1. The molecular weight excluding hydrogens is 395 g/mol. The normalized spacial score (nSPS) is 10.7. The molecule has 21 heavy (non-hydrogen) atoms. The van der Waals surface area contributed by atoms with E-state index >= 15 is 0 Å². The van der Waals surface area contributed by atoms with Crippen LogP contribution in [-0.2, 0) is 13.5 Å². The summed E-state index contributed by atoms with van der Waals surface area (Å²) in [5.41, 5.74) is -1.01. The first-order valence-electron chi connectivity index (χ1n) is 5.87. The van der Waals surface area contributed by atoms with E-state index in [0.717, 1.165) is 4.57 Å². The third-order valence-corrected chi connectivity index (χ3v) is 3.77. The number of aromatic carboxylic acids is 1. The molecule has 2 aromatic rings. The van der Waals surface area contributed by atoms with Gasteiger partial charge >= 0.3 is 5.97 Å². The highest BCUT2D eigenvalue weighted by Crippen LogP contribution is 2.18. The van der Waals surface area contributed by atoms with Crippen LogP contribution in [0.5, 0.6) is 0 Å². The summed E-state index contributed by atoms with van der Waals surface area (Å²) in [5, 5.41) is 9.12. The molecule has 1 heterocycles. The molecule has 1 aromatic heterocycles. The van der Waals surface area contributed by atoms with Crippen LogP contribution in [0.15, 0.2) is 29.1 Å². The predicted octanol–water partition coefficient (Wildman–Crippen LogP) is 2.56. The number of nitrogens with zero attached hydrogens (tertiary/aromatic N) is 1. The van der Waals surface area contributed by atoms with Crippen molar-refractivity contribution >= 4 is 28.6 Å². The molecule has 110 valence electrons. The summed E-state index contributed by atoms with van der Waals surface area (Å²) in [4.78, 5) is 22.8. The number of benzene rings is 1. The molecule has 0 atom stereocenters. The highest BCUT2D eigenvalue weighted by molar-refractivity contribution is 14.1. The van der Waals surface area contributed by atoms with E-state index in [1.165, 1.54) is 19.2 Å². The van der Waals surface area contributed by atoms with Crippen LogP contribution in [0.4, 0.5) is 8.78 Å². The predicted molar refractivity (Wildman–Crippen MR) is 80.5 cm³/mol. The van der Waals surface area contributed by atoms with E-state index in [1.54, 1.807) is 6.07 Å². The van der Waals surface area contributed by atoms with Gasteiger partial charge in [-0.3, -0.25) is 4.79 Å². The van der Waals surface area contributed by atoms with E-state index in [0.29, 0.717) is 9.64 Å². The van der Waals surface area contributed by atoms with Crippen LogP contribution in [0.3, 0.4) is 0 Å². The minimum atomic E-state index is -1.37. The lowest BCUT2D eigenvalue weighted by Crippen LogP contribution is -2.26. The van der Waals surface area contributed by atoms with Gasteiger partial charge in [0.15, 0.2) is 5.82 Å². The first-order valence-corrected chi connectivity index (χ1v) is 6.94. The van der Waals surface area contributed by atoms with Crippen LogP contribution in [0.1, 0.15) is 21.6 Å². The summed E-state index contributed by atoms with van der Waals surface area (Å²) < 4.78 is 28.8.